The van der Waals surface area contributed by atoms with E-state index in [1.165, 1.54) is 17.5 Å². The lowest BCUT2D eigenvalue weighted by molar-refractivity contribution is 0.102. The second kappa shape index (κ2) is 5.94. The Kier molecular flexibility index (Phi) is 4.28. The van der Waals surface area contributed by atoms with Crippen molar-refractivity contribution >= 4 is 22.4 Å². The van der Waals surface area contributed by atoms with Gasteiger partial charge in [-0.1, -0.05) is 6.92 Å². The maximum absolute atomic E-state index is 11.9. The number of amides is 1. The summed E-state index contributed by atoms with van der Waals surface area (Å²) in [5.41, 5.74) is 1.47. The topological polar surface area (TPSA) is 71.8 Å². The van der Waals surface area contributed by atoms with Crippen LogP contribution < -0.4 is 10.6 Å². The Morgan fingerprint density at radius 2 is 2.37 bits per heavy atom. The molecular weight excluding hydrogens is 262 g/mol. The van der Waals surface area contributed by atoms with Crippen LogP contribution in [0.25, 0.3) is 0 Å². The van der Waals surface area contributed by atoms with Crippen LogP contribution in [0.2, 0.25) is 0 Å². The van der Waals surface area contributed by atoms with Gasteiger partial charge in [-0.3, -0.25) is 14.8 Å². The minimum Gasteiger partial charge on any atom is -0.309 e. The SMILES string of the molecule is CCNC(C)c1csc(NC(=O)c2cnn(C)c2)n1. The van der Waals surface area contributed by atoms with Crippen LogP contribution in [0, 0.1) is 0 Å². The van der Waals surface area contributed by atoms with Crippen molar-refractivity contribution in [3.05, 3.63) is 29.0 Å². The molecular formula is C12H17N5OS. The number of hydrogen-bond acceptors (Lipinski definition) is 5. The molecule has 0 radical (unpaired) electrons. The number of rotatable bonds is 5. The summed E-state index contributed by atoms with van der Waals surface area (Å²) >= 11 is 1.42. The predicted octanol–water partition coefficient (Wildman–Crippen LogP) is 1.80. The van der Waals surface area contributed by atoms with E-state index < -0.39 is 0 Å². The first-order chi connectivity index (χ1) is 9.10. The molecule has 1 unspecified atom stereocenters. The van der Waals surface area contributed by atoms with E-state index in [0.717, 1.165) is 12.2 Å². The van der Waals surface area contributed by atoms with Crippen LogP contribution in [0.1, 0.15) is 35.9 Å². The number of carbonyl (C=O) groups is 1. The molecule has 2 aromatic heterocycles. The largest absolute Gasteiger partial charge is 0.309 e. The Balaban J connectivity index is 2.02. The molecule has 0 aliphatic carbocycles. The molecule has 0 aliphatic rings. The average molecular weight is 279 g/mol. The van der Waals surface area contributed by atoms with Crippen LogP contribution in [0.4, 0.5) is 5.13 Å². The van der Waals surface area contributed by atoms with Crippen molar-refractivity contribution in [1.82, 2.24) is 20.1 Å². The summed E-state index contributed by atoms with van der Waals surface area (Å²) in [5, 5.41) is 12.6. The van der Waals surface area contributed by atoms with Gasteiger partial charge in [0.25, 0.3) is 5.91 Å². The van der Waals surface area contributed by atoms with Gasteiger partial charge in [-0.25, -0.2) is 4.98 Å². The highest BCUT2D eigenvalue weighted by atomic mass is 32.1. The van der Waals surface area contributed by atoms with Gasteiger partial charge in [-0.05, 0) is 13.5 Å². The molecule has 19 heavy (non-hydrogen) atoms. The van der Waals surface area contributed by atoms with Crippen molar-refractivity contribution in [3.8, 4) is 0 Å². The normalized spacial score (nSPS) is 12.4. The highest BCUT2D eigenvalue weighted by molar-refractivity contribution is 7.14. The number of anilines is 1. The zero-order chi connectivity index (χ0) is 13.8. The third-order valence-corrected chi connectivity index (χ3v) is 3.44. The van der Waals surface area contributed by atoms with E-state index in [2.05, 4.69) is 20.7 Å². The monoisotopic (exact) mass is 279 g/mol. The average Bonchev–Trinajstić information content (AvgIpc) is 2.98. The van der Waals surface area contributed by atoms with Crippen LogP contribution in [0.15, 0.2) is 17.8 Å². The molecule has 0 fully saturated rings. The van der Waals surface area contributed by atoms with Crippen molar-refractivity contribution in [2.45, 2.75) is 19.9 Å². The van der Waals surface area contributed by atoms with Gasteiger partial charge >= 0.3 is 0 Å². The second-order valence-corrected chi connectivity index (χ2v) is 5.07. The lowest BCUT2D eigenvalue weighted by atomic mass is 10.3. The highest BCUT2D eigenvalue weighted by Crippen LogP contribution is 2.20. The van der Waals surface area contributed by atoms with Gasteiger partial charge in [0, 0.05) is 24.7 Å². The van der Waals surface area contributed by atoms with Gasteiger partial charge < -0.3 is 5.32 Å². The third kappa shape index (κ3) is 3.39. The molecule has 1 amide bonds. The van der Waals surface area contributed by atoms with Crippen LogP contribution in [-0.2, 0) is 7.05 Å². The number of carbonyl (C=O) groups excluding carboxylic acids is 1. The summed E-state index contributed by atoms with van der Waals surface area (Å²) in [6, 6.07) is 0.185. The first kappa shape index (κ1) is 13.7. The molecule has 0 spiro atoms. The zero-order valence-electron chi connectivity index (χ0n) is 11.2. The fraction of sp³-hybridized carbons (Fsp3) is 0.417. The Morgan fingerprint density at radius 1 is 1.58 bits per heavy atom. The summed E-state index contributed by atoms with van der Waals surface area (Å²) in [6.07, 6.45) is 3.20. The molecule has 7 heteroatoms. The number of nitrogens with zero attached hydrogens (tertiary/aromatic N) is 3. The van der Waals surface area contributed by atoms with Crippen molar-refractivity contribution < 1.29 is 4.79 Å². The minimum absolute atomic E-state index is 0.185. The molecule has 2 heterocycles. The van der Waals surface area contributed by atoms with E-state index in [9.17, 15) is 4.79 Å². The smallest absolute Gasteiger partial charge is 0.260 e. The van der Waals surface area contributed by atoms with Gasteiger partial charge in [0.15, 0.2) is 5.13 Å². The molecule has 0 bridgehead atoms. The molecule has 6 nitrogen and oxygen atoms in total. The summed E-state index contributed by atoms with van der Waals surface area (Å²) in [6.45, 7) is 4.98. The van der Waals surface area contributed by atoms with Gasteiger partial charge in [-0.15, -0.1) is 11.3 Å². The minimum atomic E-state index is -0.190. The number of aromatic nitrogens is 3. The van der Waals surface area contributed by atoms with Crippen molar-refractivity contribution in [2.75, 3.05) is 11.9 Å². The maximum Gasteiger partial charge on any atom is 0.260 e. The van der Waals surface area contributed by atoms with Gasteiger partial charge in [-0.2, -0.15) is 5.10 Å². The first-order valence-electron chi connectivity index (χ1n) is 6.09. The van der Waals surface area contributed by atoms with E-state index >= 15 is 0 Å². The molecule has 0 saturated carbocycles. The summed E-state index contributed by atoms with van der Waals surface area (Å²) in [5.74, 6) is -0.190. The Bertz CT molecular complexity index is 562. The van der Waals surface area contributed by atoms with E-state index in [-0.39, 0.29) is 11.9 Å². The van der Waals surface area contributed by atoms with Crippen LogP contribution >= 0.6 is 11.3 Å². The number of aryl methyl sites for hydroxylation is 1. The molecule has 0 aliphatic heterocycles. The van der Waals surface area contributed by atoms with Crippen molar-refractivity contribution in [2.24, 2.45) is 7.05 Å². The highest BCUT2D eigenvalue weighted by Gasteiger charge is 2.12. The molecule has 2 N–H and O–H groups in total. The summed E-state index contributed by atoms with van der Waals surface area (Å²) in [7, 11) is 1.77. The van der Waals surface area contributed by atoms with E-state index in [1.807, 2.05) is 19.2 Å². The van der Waals surface area contributed by atoms with Crippen molar-refractivity contribution in [3.63, 3.8) is 0 Å². The second-order valence-electron chi connectivity index (χ2n) is 4.21. The Labute approximate surface area is 115 Å². The molecule has 2 aromatic rings. The van der Waals surface area contributed by atoms with Gasteiger partial charge in [0.05, 0.1) is 17.5 Å². The molecule has 102 valence electrons. The van der Waals surface area contributed by atoms with Crippen LogP contribution in [0.5, 0.6) is 0 Å². The fourth-order valence-corrected chi connectivity index (χ4v) is 2.46. The Hall–Kier alpha value is -1.73. The van der Waals surface area contributed by atoms with Gasteiger partial charge in [0.2, 0.25) is 0 Å². The van der Waals surface area contributed by atoms with E-state index in [1.54, 1.807) is 17.9 Å². The standard InChI is InChI=1S/C12H17N5OS/c1-4-13-8(2)10-7-19-12(15-10)16-11(18)9-5-14-17(3)6-9/h5-8,13H,4H2,1-3H3,(H,15,16,18). The summed E-state index contributed by atoms with van der Waals surface area (Å²) < 4.78 is 1.59. The molecule has 1 atom stereocenters. The maximum atomic E-state index is 11.9. The quantitative estimate of drug-likeness (QED) is 0.875. The van der Waals surface area contributed by atoms with Crippen molar-refractivity contribution in [1.29, 1.82) is 0 Å². The first-order valence-corrected chi connectivity index (χ1v) is 6.97. The molecule has 0 aromatic carbocycles. The van der Waals surface area contributed by atoms with E-state index in [4.69, 9.17) is 0 Å². The summed E-state index contributed by atoms with van der Waals surface area (Å²) in [4.78, 5) is 16.3. The van der Waals surface area contributed by atoms with Gasteiger partial charge in [0.1, 0.15) is 0 Å². The predicted molar refractivity (Wildman–Crippen MR) is 75.4 cm³/mol. The molecule has 2 rings (SSSR count). The van der Waals surface area contributed by atoms with Crippen LogP contribution in [0.3, 0.4) is 0 Å². The Morgan fingerprint density at radius 3 is 3.00 bits per heavy atom. The third-order valence-electron chi connectivity index (χ3n) is 2.66. The number of nitrogens with one attached hydrogen (secondary N) is 2. The fourth-order valence-electron chi connectivity index (χ4n) is 1.66. The van der Waals surface area contributed by atoms with E-state index in [0.29, 0.717) is 10.7 Å². The number of thiazole rings is 1. The molecule has 0 saturated heterocycles. The number of hydrogen-bond donors (Lipinski definition) is 2. The lowest BCUT2D eigenvalue weighted by Crippen LogP contribution is -2.18. The van der Waals surface area contributed by atoms with Crippen LogP contribution in [-0.4, -0.2) is 27.2 Å². The zero-order valence-corrected chi connectivity index (χ0v) is 12.0. The lowest BCUT2D eigenvalue weighted by Gasteiger charge is -2.08.